The number of fused-ring (bicyclic) bond motifs is 1. The Morgan fingerprint density at radius 2 is 2.00 bits per heavy atom. The van der Waals surface area contributed by atoms with Crippen LogP contribution in [-0.4, -0.2) is 23.6 Å². The van der Waals surface area contributed by atoms with Crippen LogP contribution >= 0.6 is 0 Å². The highest BCUT2D eigenvalue weighted by molar-refractivity contribution is 6.03. The highest BCUT2D eigenvalue weighted by atomic mass is 16.3. The number of carbonyl (C=O) groups is 1. The average molecular weight is 270 g/mol. The normalized spacial score (nSPS) is 21.4. The molecule has 1 saturated carbocycles. The monoisotopic (exact) mass is 270 g/mol. The van der Waals surface area contributed by atoms with Crippen molar-refractivity contribution in [2.24, 2.45) is 11.7 Å². The van der Waals surface area contributed by atoms with Crippen LogP contribution in [0.5, 0.6) is 5.75 Å². The summed E-state index contributed by atoms with van der Waals surface area (Å²) >= 11 is 0. The van der Waals surface area contributed by atoms with Crippen LogP contribution in [0.2, 0.25) is 0 Å². The van der Waals surface area contributed by atoms with Gasteiger partial charge in [-0.05, 0) is 30.2 Å². The molecule has 0 unspecified atom stereocenters. The van der Waals surface area contributed by atoms with E-state index >= 15 is 0 Å². The van der Waals surface area contributed by atoms with Gasteiger partial charge in [0.2, 0.25) is 0 Å². The van der Waals surface area contributed by atoms with Crippen molar-refractivity contribution >= 4 is 16.7 Å². The van der Waals surface area contributed by atoms with E-state index in [1.54, 1.807) is 6.07 Å². The van der Waals surface area contributed by atoms with E-state index < -0.39 is 0 Å². The topological polar surface area (TPSA) is 75.3 Å². The number of benzene rings is 2. The van der Waals surface area contributed by atoms with Crippen LogP contribution in [0.15, 0.2) is 36.4 Å². The number of hydrogen-bond donors (Lipinski definition) is 3. The number of nitrogens with two attached hydrogens (primary N) is 1. The van der Waals surface area contributed by atoms with Gasteiger partial charge in [0.15, 0.2) is 0 Å². The van der Waals surface area contributed by atoms with Crippen molar-refractivity contribution in [3.63, 3.8) is 0 Å². The van der Waals surface area contributed by atoms with E-state index in [-0.39, 0.29) is 17.7 Å². The minimum Gasteiger partial charge on any atom is -0.506 e. The molecule has 0 spiro atoms. The quantitative estimate of drug-likeness (QED) is 0.798. The van der Waals surface area contributed by atoms with E-state index in [0.717, 1.165) is 18.2 Å². The minimum atomic E-state index is -0.228. The fraction of sp³-hybridized carbons (Fsp3) is 0.312. The van der Waals surface area contributed by atoms with Gasteiger partial charge in [0.05, 0.1) is 5.56 Å². The van der Waals surface area contributed by atoms with Crippen LogP contribution in [0.4, 0.5) is 0 Å². The van der Waals surface area contributed by atoms with Crippen LogP contribution < -0.4 is 11.1 Å². The van der Waals surface area contributed by atoms with Crippen molar-refractivity contribution in [1.82, 2.24) is 5.32 Å². The maximum Gasteiger partial charge on any atom is 0.255 e. The molecular formula is C16H18N2O2. The summed E-state index contributed by atoms with van der Waals surface area (Å²) < 4.78 is 0. The van der Waals surface area contributed by atoms with Crippen molar-refractivity contribution < 1.29 is 9.90 Å². The van der Waals surface area contributed by atoms with Gasteiger partial charge in [-0.15, -0.1) is 0 Å². The molecule has 20 heavy (non-hydrogen) atoms. The van der Waals surface area contributed by atoms with E-state index in [1.165, 1.54) is 0 Å². The lowest BCUT2D eigenvalue weighted by atomic mass is 9.81. The number of phenolic OH excluding ortho intramolecular Hbond substituents is 1. The zero-order valence-corrected chi connectivity index (χ0v) is 11.2. The molecular weight excluding hydrogens is 252 g/mol. The third-order valence-electron chi connectivity index (χ3n) is 3.97. The summed E-state index contributed by atoms with van der Waals surface area (Å²) in [5.74, 6) is 0.288. The highest BCUT2D eigenvalue weighted by Crippen LogP contribution is 2.29. The Morgan fingerprint density at radius 3 is 2.75 bits per heavy atom. The van der Waals surface area contributed by atoms with Crippen LogP contribution in [0.1, 0.15) is 23.2 Å². The Hall–Kier alpha value is -2.07. The lowest BCUT2D eigenvalue weighted by Gasteiger charge is -2.32. The molecule has 4 N–H and O–H groups in total. The molecule has 0 radical (unpaired) electrons. The molecule has 4 nitrogen and oxygen atoms in total. The fourth-order valence-electron chi connectivity index (χ4n) is 2.72. The van der Waals surface area contributed by atoms with Crippen LogP contribution in [0, 0.1) is 5.92 Å². The number of hydrogen-bond acceptors (Lipinski definition) is 3. The number of aromatic hydroxyl groups is 1. The predicted octanol–water partition coefficient (Wildman–Crippen LogP) is 2.01. The number of rotatable bonds is 3. The summed E-state index contributed by atoms with van der Waals surface area (Å²) in [6.45, 7) is 0.624. The molecule has 2 aromatic rings. The average Bonchev–Trinajstić information content (AvgIpc) is 2.43. The largest absolute Gasteiger partial charge is 0.506 e. The van der Waals surface area contributed by atoms with Gasteiger partial charge in [0, 0.05) is 18.0 Å². The van der Waals surface area contributed by atoms with E-state index in [1.807, 2.05) is 30.3 Å². The van der Waals surface area contributed by atoms with E-state index in [2.05, 4.69) is 5.32 Å². The van der Waals surface area contributed by atoms with Gasteiger partial charge in [-0.25, -0.2) is 0 Å². The predicted molar refractivity (Wildman–Crippen MR) is 78.6 cm³/mol. The Bertz CT molecular complexity index is 648. The smallest absolute Gasteiger partial charge is 0.255 e. The first-order chi connectivity index (χ1) is 9.65. The summed E-state index contributed by atoms with van der Waals surface area (Å²) in [4.78, 5) is 12.1. The van der Waals surface area contributed by atoms with Crippen molar-refractivity contribution in [2.45, 2.75) is 18.9 Å². The number of phenols is 1. The van der Waals surface area contributed by atoms with Crippen molar-refractivity contribution in [1.29, 1.82) is 0 Å². The number of carbonyl (C=O) groups excluding carboxylic acids is 1. The van der Waals surface area contributed by atoms with Gasteiger partial charge in [-0.3, -0.25) is 4.79 Å². The highest BCUT2D eigenvalue weighted by Gasteiger charge is 2.26. The maximum absolute atomic E-state index is 12.1. The van der Waals surface area contributed by atoms with Gasteiger partial charge in [0.1, 0.15) is 5.75 Å². The van der Waals surface area contributed by atoms with Crippen molar-refractivity contribution in [2.75, 3.05) is 6.54 Å². The standard InChI is InChI=1S/C16H18N2O2/c17-12-7-10(8-12)9-18-16(20)14-6-5-11-3-1-2-4-13(11)15(14)19/h1-6,10,12,19H,7-9,17H2,(H,18,20). The summed E-state index contributed by atoms with van der Waals surface area (Å²) in [6.07, 6.45) is 1.92. The zero-order chi connectivity index (χ0) is 14.1. The molecule has 0 atom stereocenters. The maximum atomic E-state index is 12.1. The Kier molecular flexibility index (Phi) is 3.32. The van der Waals surface area contributed by atoms with Crippen LogP contribution in [-0.2, 0) is 0 Å². The molecule has 0 heterocycles. The molecule has 3 rings (SSSR count). The SMILES string of the molecule is NC1CC(CNC(=O)c2ccc3ccccc3c2O)C1. The van der Waals surface area contributed by atoms with Crippen molar-refractivity contribution in [3.8, 4) is 5.75 Å². The second-order valence-corrected chi connectivity index (χ2v) is 5.49. The van der Waals surface area contributed by atoms with Gasteiger partial charge in [-0.2, -0.15) is 0 Å². The minimum absolute atomic E-state index is 0.0471. The summed E-state index contributed by atoms with van der Waals surface area (Å²) in [5.41, 5.74) is 6.05. The van der Waals surface area contributed by atoms with Gasteiger partial charge in [0.25, 0.3) is 5.91 Å². The molecule has 0 bridgehead atoms. The lowest BCUT2D eigenvalue weighted by Crippen LogP contribution is -2.42. The lowest BCUT2D eigenvalue weighted by molar-refractivity contribution is 0.0933. The first-order valence-corrected chi connectivity index (χ1v) is 6.89. The molecule has 4 heteroatoms. The van der Waals surface area contributed by atoms with Gasteiger partial charge in [-0.1, -0.05) is 30.3 Å². The number of nitrogens with one attached hydrogen (secondary N) is 1. The van der Waals surface area contributed by atoms with E-state index in [4.69, 9.17) is 5.73 Å². The summed E-state index contributed by atoms with van der Waals surface area (Å²) in [7, 11) is 0. The van der Waals surface area contributed by atoms with E-state index in [9.17, 15) is 9.90 Å². The molecule has 1 amide bonds. The first kappa shape index (κ1) is 12.9. The Balaban J connectivity index is 1.76. The van der Waals surface area contributed by atoms with E-state index in [0.29, 0.717) is 23.4 Å². The molecule has 2 aromatic carbocycles. The third-order valence-corrected chi connectivity index (χ3v) is 3.97. The van der Waals surface area contributed by atoms with Crippen LogP contribution in [0.25, 0.3) is 10.8 Å². The summed E-state index contributed by atoms with van der Waals surface area (Å²) in [6, 6.07) is 11.3. The van der Waals surface area contributed by atoms with Crippen LogP contribution in [0.3, 0.4) is 0 Å². The number of amides is 1. The third kappa shape index (κ3) is 2.34. The van der Waals surface area contributed by atoms with Gasteiger partial charge >= 0.3 is 0 Å². The second-order valence-electron chi connectivity index (χ2n) is 5.49. The summed E-state index contributed by atoms with van der Waals surface area (Å²) in [5, 5.41) is 14.7. The van der Waals surface area contributed by atoms with Gasteiger partial charge < -0.3 is 16.2 Å². The molecule has 0 saturated heterocycles. The molecule has 1 fully saturated rings. The molecule has 1 aliphatic carbocycles. The molecule has 0 aromatic heterocycles. The Labute approximate surface area is 117 Å². The zero-order valence-electron chi connectivity index (χ0n) is 11.2. The molecule has 104 valence electrons. The first-order valence-electron chi connectivity index (χ1n) is 6.89. The second kappa shape index (κ2) is 5.13. The molecule has 1 aliphatic rings. The molecule has 0 aliphatic heterocycles. The Morgan fingerprint density at radius 1 is 1.25 bits per heavy atom. The fourth-order valence-corrected chi connectivity index (χ4v) is 2.72. The van der Waals surface area contributed by atoms with Crippen molar-refractivity contribution in [3.05, 3.63) is 42.0 Å².